The summed E-state index contributed by atoms with van der Waals surface area (Å²) >= 11 is 0. The summed E-state index contributed by atoms with van der Waals surface area (Å²) in [5.74, 6) is 0. The molecule has 5 atom stereocenters. The van der Waals surface area contributed by atoms with Crippen molar-refractivity contribution in [3.05, 3.63) is 0 Å². The molecule has 0 aliphatic rings. The Bertz CT molecular complexity index is 141. The van der Waals surface area contributed by atoms with Crippen molar-refractivity contribution in [1.29, 1.82) is 0 Å². The van der Waals surface area contributed by atoms with Gasteiger partial charge < -0.3 is 30.6 Å². The molecule has 0 aliphatic carbocycles. The number of nitrogens with one attached hydrogen (secondary N) is 1. The number of likely N-dealkylation sites (N-methyl/N-ethyl adjacent to an activating group) is 1. The van der Waals surface area contributed by atoms with Crippen LogP contribution >= 0.6 is 0 Å². The highest BCUT2D eigenvalue weighted by Crippen LogP contribution is 2.06. The number of rotatable bonds is 6. The van der Waals surface area contributed by atoms with Crippen molar-refractivity contribution in [1.82, 2.24) is 5.32 Å². The second kappa shape index (κ2) is 6.25. The standard InChI is InChI=1S/C7H17NO6/c1-8-7(14)6(13)5(12)4(11)3(10)2-9/h3-14H,2H2,1H3/t3-,4-,5+,6-,7?/m1/s1. The van der Waals surface area contributed by atoms with Crippen molar-refractivity contribution in [2.24, 2.45) is 0 Å². The van der Waals surface area contributed by atoms with E-state index in [1.54, 1.807) is 0 Å². The largest absolute Gasteiger partial charge is 0.394 e. The first-order chi connectivity index (χ1) is 6.45. The summed E-state index contributed by atoms with van der Waals surface area (Å²) in [5, 5.41) is 56.2. The van der Waals surface area contributed by atoms with E-state index in [1.807, 2.05) is 0 Å². The molecule has 0 radical (unpaired) electrons. The average molecular weight is 211 g/mol. The van der Waals surface area contributed by atoms with Crippen LogP contribution in [0.25, 0.3) is 0 Å². The van der Waals surface area contributed by atoms with E-state index in [9.17, 15) is 10.2 Å². The fourth-order valence-electron chi connectivity index (χ4n) is 0.895. The van der Waals surface area contributed by atoms with Crippen LogP contribution in [0.3, 0.4) is 0 Å². The second-order valence-electron chi connectivity index (χ2n) is 2.96. The first kappa shape index (κ1) is 13.7. The fourth-order valence-corrected chi connectivity index (χ4v) is 0.895. The monoisotopic (exact) mass is 211 g/mol. The second-order valence-corrected chi connectivity index (χ2v) is 2.96. The molecule has 0 amide bonds. The van der Waals surface area contributed by atoms with Gasteiger partial charge in [0.2, 0.25) is 0 Å². The molecule has 7 heteroatoms. The zero-order chi connectivity index (χ0) is 11.3. The topological polar surface area (TPSA) is 133 Å². The van der Waals surface area contributed by atoms with Crippen LogP contribution < -0.4 is 5.32 Å². The van der Waals surface area contributed by atoms with Crippen molar-refractivity contribution in [2.75, 3.05) is 13.7 Å². The summed E-state index contributed by atoms with van der Waals surface area (Å²) in [7, 11) is 1.34. The Morgan fingerprint density at radius 1 is 0.929 bits per heavy atom. The number of aliphatic hydroxyl groups excluding tert-OH is 6. The summed E-state index contributed by atoms with van der Waals surface area (Å²) in [6, 6.07) is 0. The predicted octanol–water partition coefficient (Wildman–Crippen LogP) is -4.04. The molecule has 0 aromatic heterocycles. The number of hydrogen-bond donors (Lipinski definition) is 7. The van der Waals surface area contributed by atoms with E-state index in [-0.39, 0.29) is 0 Å². The van der Waals surface area contributed by atoms with Crippen LogP contribution in [0.1, 0.15) is 0 Å². The van der Waals surface area contributed by atoms with Gasteiger partial charge in [-0.1, -0.05) is 0 Å². The lowest BCUT2D eigenvalue weighted by atomic mass is 10.0. The molecule has 0 heterocycles. The Balaban J connectivity index is 4.22. The summed E-state index contributed by atoms with van der Waals surface area (Å²) in [6.45, 7) is -0.749. The van der Waals surface area contributed by atoms with E-state index < -0.39 is 37.3 Å². The first-order valence-electron chi connectivity index (χ1n) is 4.14. The van der Waals surface area contributed by atoms with Crippen molar-refractivity contribution >= 4 is 0 Å². The lowest BCUT2D eigenvalue weighted by Crippen LogP contribution is -2.53. The molecule has 0 rings (SSSR count). The minimum absolute atomic E-state index is 0.749. The Hall–Kier alpha value is -0.280. The Labute approximate surface area is 81.2 Å². The van der Waals surface area contributed by atoms with Crippen LogP contribution in [0, 0.1) is 0 Å². The van der Waals surface area contributed by atoms with Gasteiger partial charge in [0.05, 0.1) is 6.61 Å². The molecule has 86 valence electrons. The smallest absolute Gasteiger partial charge is 0.133 e. The van der Waals surface area contributed by atoms with Crippen LogP contribution in [-0.4, -0.2) is 74.9 Å². The van der Waals surface area contributed by atoms with E-state index in [1.165, 1.54) is 7.05 Å². The van der Waals surface area contributed by atoms with E-state index in [2.05, 4.69) is 5.32 Å². The molecular formula is C7H17NO6. The highest BCUT2D eigenvalue weighted by molar-refractivity contribution is 4.83. The fraction of sp³-hybridized carbons (Fsp3) is 1.00. The molecule has 0 aromatic carbocycles. The van der Waals surface area contributed by atoms with Crippen LogP contribution in [0.5, 0.6) is 0 Å². The van der Waals surface area contributed by atoms with E-state index in [4.69, 9.17) is 20.4 Å². The minimum atomic E-state index is -1.75. The lowest BCUT2D eigenvalue weighted by molar-refractivity contribution is -0.144. The van der Waals surface area contributed by atoms with E-state index in [0.717, 1.165) is 0 Å². The minimum Gasteiger partial charge on any atom is -0.394 e. The molecule has 1 unspecified atom stereocenters. The zero-order valence-electron chi connectivity index (χ0n) is 7.78. The van der Waals surface area contributed by atoms with Crippen molar-refractivity contribution in [2.45, 2.75) is 30.6 Å². The van der Waals surface area contributed by atoms with Gasteiger partial charge in [0, 0.05) is 0 Å². The molecule has 0 spiro atoms. The molecule has 0 aliphatic heterocycles. The Morgan fingerprint density at radius 3 is 1.79 bits per heavy atom. The molecule has 0 bridgehead atoms. The third-order valence-corrected chi connectivity index (χ3v) is 1.90. The SMILES string of the molecule is CNC(O)[C@H](O)[C@@H](O)[C@H](O)[C@H](O)CO. The summed E-state index contributed by atoms with van der Waals surface area (Å²) in [6.07, 6.45) is -8.12. The van der Waals surface area contributed by atoms with Crippen molar-refractivity contribution in [3.8, 4) is 0 Å². The van der Waals surface area contributed by atoms with Gasteiger partial charge in [0.15, 0.2) is 0 Å². The molecular weight excluding hydrogens is 194 g/mol. The van der Waals surface area contributed by atoms with Gasteiger partial charge in [-0.2, -0.15) is 0 Å². The number of aliphatic hydroxyl groups is 6. The zero-order valence-corrected chi connectivity index (χ0v) is 7.78. The molecule has 0 fully saturated rings. The molecule has 7 N–H and O–H groups in total. The highest BCUT2D eigenvalue weighted by atomic mass is 16.4. The third-order valence-electron chi connectivity index (χ3n) is 1.90. The van der Waals surface area contributed by atoms with Gasteiger partial charge in [0.25, 0.3) is 0 Å². The molecule has 0 aromatic rings. The maximum absolute atomic E-state index is 9.22. The summed E-state index contributed by atoms with van der Waals surface area (Å²) in [5.41, 5.74) is 0. The Morgan fingerprint density at radius 2 is 1.43 bits per heavy atom. The van der Waals surface area contributed by atoms with Crippen LogP contribution in [-0.2, 0) is 0 Å². The van der Waals surface area contributed by atoms with Gasteiger partial charge >= 0.3 is 0 Å². The van der Waals surface area contributed by atoms with Gasteiger partial charge in [-0.25, -0.2) is 0 Å². The van der Waals surface area contributed by atoms with Gasteiger partial charge in [-0.15, -0.1) is 0 Å². The van der Waals surface area contributed by atoms with Crippen molar-refractivity contribution < 1.29 is 30.6 Å². The van der Waals surface area contributed by atoms with Crippen LogP contribution in [0.4, 0.5) is 0 Å². The highest BCUT2D eigenvalue weighted by Gasteiger charge is 2.33. The van der Waals surface area contributed by atoms with Gasteiger partial charge in [-0.3, -0.25) is 5.32 Å². The van der Waals surface area contributed by atoms with E-state index in [0.29, 0.717) is 0 Å². The van der Waals surface area contributed by atoms with Gasteiger partial charge in [-0.05, 0) is 7.05 Å². The summed E-state index contributed by atoms with van der Waals surface area (Å²) < 4.78 is 0. The molecule has 0 saturated carbocycles. The first-order valence-corrected chi connectivity index (χ1v) is 4.14. The number of hydrogen-bond acceptors (Lipinski definition) is 7. The molecule has 0 saturated heterocycles. The van der Waals surface area contributed by atoms with Gasteiger partial charge in [0.1, 0.15) is 30.6 Å². The lowest BCUT2D eigenvalue weighted by Gasteiger charge is -2.28. The summed E-state index contributed by atoms with van der Waals surface area (Å²) in [4.78, 5) is 0. The average Bonchev–Trinajstić information content (AvgIpc) is 2.23. The van der Waals surface area contributed by atoms with Crippen LogP contribution in [0.15, 0.2) is 0 Å². The molecule has 14 heavy (non-hydrogen) atoms. The predicted molar refractivity (Wildman–Crippen MR) is 46.2 cm³/mol. The third kappa shape index (κ3) is 3.46. The molecule has 7 nitrogen and oxygen atoms in total. The quantitative estimate of drug-likeness (QED) is 0.222. The van der Waals surface area contributed by atoms with E-state index >= 15 is 0 Å². The Kier molecular flexibility index (Phi) is 6.12. The van der Waals surface area contributed by atoms with Crippen LogP contribution in [0.2, 0.25) is 0 Å². The maximum Gasteiger partial charge on any atom is 0.133 e. The maximum atomic E-state index is 9.22. The normalized spacial score (nSPS) is 22.5. The van der Waals surface area contributed by atoms with Crippen molar-refractivity contribution in [3.63, 3.8) is 0 Å².